The van der Waals surface area contributed by atoms with E-state index >= 15 is 0 Å². The van der Waals surface area contributed by atoms with E-state index in [1.165, 1.54) is 6.08 Å². The van der Waals surface area contributed by atoms with Crippen LogP contribution in [0.1, 0.15) is 0 Å². The predicted octanol–water partition coefficient (Wildman–Crippen LogP) is 1.85. The van der Waals surface area contributed by atoms with Gasteiger partial charge in [0.05, 0.1) is 0 Å². The van der Waals surface area contributed by atoms with Crippen molar-refractivity contribution in [3.8, 4) is 0 Å². The van der Waals surface area contributed by atoms with Crippen LogP contribution in [-0.4, -0.2) is 23.1 Å². The van der Waals surface area contributed by atoms with Gasteiger partial charge in [-0.15, -0.1) is 24.0 Å². The molecule has 0 aliphatic heterocycles. The number of rotatable bonds is 0. The molecule has 0 atom stereocenters. The summed E-state index contributed by atoms with van der Waals surface area (Å²) in [4.78, 5) is 0. The Hall–Kier alpha value is 0.846. The van der Waals surface area contributed by atoms with Crippen molar-refractivity contribution in [2.75, 3.05) is 0 Å². The first-order chi connectivity index (χ1) is 2.41. The van der Waals surface area contributed by atoms with Crippen molar-refractivity contribution in [3.63, 3.8) is 0 Å². The predicted molar refractivity (Wildman–Crippen MR) is 46.7 cm³/mol. The number of allylic oxidation sites excluding steroid dienone is 1. The fraction of sp³-hybridized carbons (Fsp3) is 0. The number of hydrogen-bond donors (Lipinski definition) is 0. The molecule has 0 amide bonds. The van der Waals surface area contributed by atoms with Crippen molar-refractivity contribution in [2.45, 2.75) is 0 Å². The molecule has 2 heteroatoms. The van der Waals surface area contributed by atoms with Crippen molar-refractivity contribution >= 4 is 47.0 Å². The molecule has 38 valence electrons. The maximum absolute atomic E-state index is 4.25. The van der Waals surface area contributed by atoms with Crippen LogP contribution in [0.5, 0.6) is 0 Å². The third-order valence-electron chi connectivity index (χ3n) is 0. The Morgan fingerprint density at radius 3 is 1.43 bits per heavy atom. The Morgan fingerprint density at radius 2 is 1.43 bits per heavy atom. The molecule has 0 aliphatic carbocycles. The summed E-state index contributed by atoms with van der Waals surface area (Å²) in [6, 6.07) is 0. The molecule has 0 saturated heterocycles. The molecular formula is C5H9IMg. The molecule has 0 aromatic carbocycles. The Kier molecular flexibility index (Phi) is 244. The molecule has 0 saturated carbocycles. The first-order valence-electron chi connectivity index (χ1n) is 1.22. The third-order valence-corrected chi connectivity index (χ3v) is 0. The fourth-order valence-electron chi connectivity index (χ4n) is 0. The van der Waals surface area contributed by atoms with Crippen molar-refractivity contribution in [1.29, 1.82) is 0 Å². The molecular weight excluding hydrogens is 211 g/mol. The van der Waals surface area contributed by atoms with Crippen molar-refractivity contribution in [3.05, 3.63) is 32.7 Å². The van der Waals surface area contributed by atoms with Gasteiger partial charge in [-0.2, -0.15) is 0 Å². The van der Waals surface area contributed by atoms with Crippen LogP contribution in [0.4, 0.5) is 0 Å². The van der Waals surface area contributed by atoms with Gasteiger partial charge in [0.1, 0.15) is 0 Å². The number of halogens is 1. The maximum Gasteiger partial charge on any atom is 2.00 e. The normalized spacial score (nSPS) is 2.29. The SMILES string of the molecule is C=C[CH2-].I.[CH-]=C.[Mg+2]. The van der Waals surface area contributed by atoms with Crippen LogP contribution in [0, 0.1) is 13.5 Å². The smallest absolute Gasteiger partial charge is 0.521 e. The van der Waals surface area contributed by atoms with Crippen LogP contribution >= 0.6 is 24.0 Å². The largest absolute Gasteiger partial charge is 2.00 e. The van der Waals surface area contributed by atoms with E-state index in [4.69, 9.17) is 0 Å². The number of hydrogen-bond acceptors (Lipinski definition) is 0. The van der Waals surface area contributed by atoms with Crippen molar-refractivity contribution in [2.24, 2.45) is 0 Å². The van der Waals surface area contributed by atoms with Crippen LogP contribution in [0.15, 0.2) is 19.2 Å². The van der Waals surface area contributed by atoms with Gasteiger partial charge in [0, 0.05) is 0 Å². The summed E-state index contributed by atoms with van der Waals surface area (Å²) in [6.45, 7) is 13.5. The van der Waals surface area contributed by atoms with E-state index in [9.17, 15) is 0 Å². The zero-order valence-corrected chi connectivity index (χ0v) is 8.14. The molecule has 0 nitrogen and oxygen atoms in total. The van der Waals surface area contributed by atoms with Gasteiger partial charge in [0.2, 0.25) is 0 Å². The summed E-state index contributed by atoms with van der Waals surface area (Å²) < 4.78 is 0. The minimum absolute atomic E-state index is 0. The zero-order chi connectivity index (χ0) is 4.71. The van der Waals surface area contributed by atoms with E-state index in [-0.39, 0.29) is 47.0 Å². The van der Waals surface area contributed by atoms with Gasteiger partial charge in [0.25, 0.3) is 0 Å². The van der Waals surface area contributed by atoms with Crippen LogP contribution in [0.2, 0.25) is 0 Å². The maximum atomic E-state index is 4.25. The van der Waals surface area contributed by atoms with Crippen molar-refractivity contribution in [1.82, 2.24) is 0 Å². The van der Waals surface area contributed by atoms with Crippen LogP contribution < -0.4 is 0 Å². The second-order valence-corrected chi connectivity index (χ2v) is 0.289. The molecule has 0 rings (SSSR count). The minimum atomic E-state index is 0. The molecule has 0 aliphatic rings. The van der Waals surface area contributed by atoms with Gasteiger partial charge in [-0.05, 0) is 0 Å². The van der Waals surface area contributed by atoms with Gasteiger partial charge in [-0.1, -0.05) is 0 Å². The minimum Gasteiger partial charge on any atom is -0.521 e. The Labute approximate surface area is 79.2 Å². The molecule has 0 aromatic heterocycles. The van der Waals surface area contributed by atoms with Crippen LogP contribution in [-0.2, 0) is 0 Å². The van der Waals surface area contributed by atoms with E-state index in [1.54, 1.807) is 0 Å². The summed E-state index contributed by atoms with van der Waals surface area (Å²) in [6.07, 6.45) is 1.50. The van der Waals surface area contributed by atoms with Gasteiger partial charge < -0.3 is 6.58 Å². The second-order valence-electron chi connectivity index (χ2n) is 0.289. The molecule has 0 aromatic rings. The van der Waals surface area contributed by atoms with Gasteiger partial charge in [-0.3, -0.25) is 6.58 Å². The van der Waals surface area contributed by atoms with E-state index in [1.807, 2.05) is 0 Å². The fourth-order valence-corrected chi connectivity index (χ4v) is 0. The molecule has 0 N–H and O–H groups in total. The summed E-state index contributed by atoms with van der Waals surface area (Å²) in [7, 11) is 0. The molecule has 0 radical (unpaired) electrons. The Balaban J connectivity index is -0.0000000105. The summed E-state index contributed by atoms with van der Waals surface area (Å²) in [5, 5.41) is 0. The van der Waals surface area contributed by atoms with E-state index < -0.39 is 0 Å². The first-order valence-corrected chi connectivity index (χ1v) is 1.22. The second kappa shape index (κ2) is 68.6. The van der Waals surface area contributed by atoms with E-state index in [0.29, 0.717) is 0 Å². The molecule has 0 bridgehead atoms. The van der Waals surface area contributed by atoms with Gasteiger partial charge >= 0.3 is 23.1 Å². The van der Waals surface area contributed by atoms with Crippen LogP contribution in [0.3, 0.4) is 0 Å². The Morgan fingerprint density at radius 1 is 1.43 bits per heavy atom. The van der Waals surface area contributed by atoms with Crippen molar-refractivity contribution < 1.29 is 0 Å². The summed E-state index contributed by atoms with van der Waals surface area (Å²) >= 11 is 0. The average molecular weight is 220 g/mol. The molecule has 0 spiro atoms. The monoisotopic (exact) mass is 220 g/mol. The van der Waals surface area contributed by atoms with Gasteiger partial charge in [0.15, 0.2) is 0 Å². The third kappa shape index (κ3) is 225. The van der Waals surface area contributed by atoms with E-state index in [2.05, 4.69) is 26.7 Å². The van der Waals surface area contributed by atoms with E-state index in [0.717, 1.165) is 0 Å². The molecule has 0 heterocycles. The Bertz CT molecular complexity index is 22.0. The molecule has 7 heavy (non-hydrogen) atoms. The van der Waals surface area contributed by atoms with Crippen LogP contribution in [0.25, 0.3) is 0 Å². The summed E-state index contributed by atoms with van der Waals surface area (Å²) in [5.74, 6) is 0. The standard InChI is InChI=1S/C3H5.C2H3.HI.Mg/c1-3-2;1-2;;/h3H,1-2H2;1H,2H2;1H;/q2*-1;;+2. The molecule has 0 fully saturated rings. The molecule has 0 unspecified atom stereocenters. The topological polar surface area (TPSA) is 0 Å². The summed E-state index contributed by atoms with van der Waals surface area (Å²) in [5.41, 5.74) is 0. The zero-order valence-electron chi connectivity index (χ0n) is 4.39. The first kappa shape index (κ1) is 24.9. The quantitative estimate of drug-likeness (QED) is 0.332. The average Bonchev–Trinajstić information content (AvgIpc) is 1.46. The van der Waals surface area contributed by atoms with Gasteiger partial charge in [-0.25, -0.2) is 19.6 Å².